The van der Waals surface area contributed by atoms with E-state index >= 15 is 0 Å². The number of carbonyl (C=O) groups is 2. The number of nitrogens with zero attached hydrogens (tertiary/aromatic N) is 1. The average Bonchev–Trinajstić information content (AvgIpc) is 3.43. The summed E-state index contributed by atoms with van der Waals surface area (Å²) in [5.74, 6) is 1.17. The van der Waals surface area contributed by atoms with E-state index in [4.69, 9.17) is 14.2 Å². The van der Waals surface area contributed by atoms with Crippen molar-refractivity contribution in [2.75, 3.05) is 47.6 Å². The number of likely N-dealkylation sites (tertiary alicyclic amines) is 1. The van der Waals surface area contributed by atoms with Crippen LogP contribution in [0.25, 0.3) is 0 Å². The van der Waals surface area contributed by atoms with E-state index in [1.54, 1.807) is 21.3 Å². The van der Waals surface area contributed by atoms with Crippen LogP contribution in [0.3, 0.4) is 0 Å². The maximum absolute atomic E-state index is 13.0. The van der Waals surface area contributed by atoms with Crippen molar-refractivity contribution in [3.63, 3.8) is 0 Å². The van der Waals surface area contributed by atoms with E-state index < -0.39 is 0 Å². The van der Waals surface area contributed by atoms with E-state index in [0.717, 1.165) is 31.2 Å². The summed E-state index contributed by atoms with van der Waals surface area (Å²) in [6.07, 6.45) is 4.13. The molecule has 3 rings (SSSR count). The predicted octanol–water partition coefficient (Wildman–Crippen LogP) is 2.20. The van der Waals surface area contributed by atoms with E-state index in [1.165, 1.54) is 0 Å². The van der Waals surface area contributed by atoms with E-state index in [-0.39, 0.29) is 29.6 Å². The van der Waals surface area contributed by atoms with Gasteiger partial charge in [-0.2, -0.15) is 0 Å². The molecule has 0 aromatic heterocycles. The van der Waals surface area contributed by atoms with Crippen LogP contribution in [0.15, 0.2) is 18.2 Å². The Kier molecular flexibility index (Phi) is 7.36. The molecule has 2 aliphatic rings. The van der Waals surface area contributed by atoms with E-state index in [0.29, 0.717) is 37.7 Å². The molecule has 1 aliphatic heterocycles. The zero-order valence-electron chi connectivity index (χ0n) is 17.6. The van der Waals surface area contributed by atoms with E-state index in [1.807, 2.05) is 23.1 Å². The number of rotatable bonds is 8. The van der Waals surface area contributed by atoms with Gasteiger partial charge in [-0.3, -0.25) is 9.59 Å². The van der Waals surface area contributed by atoms with Crippen LogP contribution in [0.1, 0.15) is 37.2 Å². The quantitative estimate of drug-likeness (QED) is 0.672. The first kappa shape index (κ1) is 21.4. The van der Waals surface area contributed by atoms with Crippen molar-refractivity contribution in [1.29, 1.82) is 0 Å². The van der Waals surface area contributed by atoms with Crippen molar-refractivity contribution in [3.8, 4) is 11.5 Å². The highest BCUT2D eigenvalue weighted by Gasteiger charge is 2.43. The van der Waals surface area contributed by atoms with Crippen molar-refractivity contribution >= 4 is 11.8 Å². The molecular weight excluding hydrogens is 372 g/mol. The molecule has 0 spiro atoms. The maximum Gasteiger partial charge on any atom is 0.225 e. The van der Waals surface area contributed by atoms with Crippen LogP contribution >= 0.6 is 0 Å². The first-order valence-corrected chi connectivity index (χ1v) is 10.4. The highest BCUT2D eigenvalue weighted by molar-refractivity contribution is 5.84. The Hall–Kier alpha value is -2.28. The second-order valence-electron chi connectivity index (χ2n) is 7.83. The third kappa shape index (κ3) is 4.83. The zero-order valence-corrected chi connectivity index (χ0v) is 17.6. The van der Waals surface area contributed by atoms with Gasteiger partial charge in [0.1, 0.15) is 11.5 Å². The van der Waals surface area contributed by atoms with Crippen LogP contribution in [-0.2, 0) is 14.3 Å². The SMILES string of the molecule is COCCNC(=O)[C@H]1CN(C(=O)C2CCCC2)C[C@H]1c1ccc(OC)cc1OC. The van der Waals surface area contributed by atoms with Crippen molar-refractivity contribution in [3.05, 3.63) is 23.8 Å². The van der Waals surface area contributed by atoms with Gasteiger partial charge in [0.2, 0.25) is 11.8 Å². The Morgan fingerprint density at radius 2 is 1.86 bits per heavy atom. The van der Waals surface area contributed by atoms with Crippen LogP contribution in [0, 0.1) is 11.8 Å². The summed E-state index contributed by atoms with van der Waals surface area (Å²) in [5, 5.41) is 2.95. The average molecular weight is 405 g/mol. The molecule has 1 heterocycles. The lowest BCUT2D eigenvalue weighted by atomic mass is 9.87. The first-order chi connectivity index (χ1) is 14.1. The van der Waals surface area contributed by atoms with Crippen molar-refractivity contribution < 1.29 is 23.8 Å². The predicted molar refractivity (Wildman–Crippen MR) is 109 cm³/mol. The van der Waals surface area contributed by atoms with Gasteiger partial charge >= 0.3 is 0 Å². The van der Waals surface area contributed by atoms with Crippen LogP contribution in [0.5, 0.6) is 11.5 Å². The number of hydrogen-bond donors (Lipinski definition) is 1. The summed E-state index contributed by atoms with van der Waals surface area (Å²) in [5.41, 5.74) is 0.932. The molecule has 2 atom stereocenters. The lowest BCUT2D eigenvalue weighted by molar-refractivity contribution is -0.134. The number of hydrogen-bond acceptors (Lipinski definition) is 5. The largest absolute Gasteiger partial charge is 0.497 e. The normalized spacial score (nSPS) is 22.0. The molecule has 1 saturated heterocycles. The van der Waals surface area contributed by atoms with Gasteiger partial charge in [-0.1, -0.05) is 18.9 Å². The van der Waals surface area contributed by atoms with E-state index in [9.17, 15) is 9.59 Å². The number of ether oxygens (including phenoxy) is 3. The summed E-state index contributed by atoms with van der Waals surface area (Å²) in [6, 6.07) is 5.65. The van der Waals surface area contributed by atoms with Gasteiger partial charge in [-0.25, -0.2) is 0 Å². The molecule has 2 amide bonds. The van der Waals surface area contributed by atoms with Crippen LogP contribution < -0.4 is 14.8 Å². The maximum atomic E-state index is 13.0. The highest BCUT2D eigenvalue weighted by atomic mass is 16.5. The van der Waals surface area contributed by atoms with Gasteiger partial charge in [-0.05, 0) is 18.9 Å². The molecule has 0 bridgehead atoms. The smallest absolute Gasteiger partial charge is 0.225 e. The number of carbonyl (C=O) groups excluding carboxylic acids is 2. The number of amides is 2. The van der Waals surface area contributed by atoms with Crippen LogP contribution in [-0.4, -0.2) is 64.3 Å². The first-order valence-electron chi connectivity index (χ1n) is 10.4. The van der Waals surface area contributed by atoms with Gasteiger partial charge in [0, 0.05) is 50.2 Å². The molecule has 2 fully saturated rings. The second-order valence-corrected chi connectivity index (χ2v) is 7.83. The van der Waals surface area contributed by atoms with Gasteiger partial charge < -0.3 is 24.4 Å². The van der Waals surface area contributed by atoms with Crippen molar-refractivity contribution in [2.45, 2.75) is 31.6 Å². The Bertz CT molecular complexity index is 717. The summed E-state index contributed by atoms with van der Waals surface area (Å²) in [6.45, 7) is 1.88. The molecule has 160 valence electrons. The van der Waals surface area contributed by atoms with Gasteiger partial charge in [0.05, 0.1) is 26.7 Å². The van der Waals surface area contributed by atoms with Crippen LogP contribution in [0.4, 0.5) is 0 Å². The summed E-state index contributed by atoms with van der Waals surface area (Å²) < 4.78 is 15.9. The third-order valence-electron chi connectivity index (χ3n) is 6.12. The molecule has 0 unspecified atom stereocenters. The van der Waals surface area contributed by atoms with Crippen molar-refractivity contribution in [2.24, 2.45) is 11.8 Å². The Morgan fingerprint density at radius 3 is 2.52 bits per heavy atom. The molecule has 1 aromatic carbocycles. The minimum absolute atomic E-state index is 0.0494. The minimum Gasteiger partial charge on any atom is -0.497 e. The topological polar surface area (TPSA) is 77.1 Å². The number of methoxy groups -OCH3 is 3. The molecule has 7 heteroatoms. The lowest BCUT2D eigenvalue weighted by Crippen LogP contribution is -2.38. The number of benzene rings is 1. The summed E-state index contributed by atoms with van der Waals surface area (Å²) in [7, 11) is 4.83. The fraction of sp³-hybridized carbons (Fsp3) is 0.636. The van der Waals surface area contributed by atoms with Gasteiger partial charge in [0.15, 0.2) is 0 Å². The molecule has 1 N–H and O–H groups in total. The molecule has 1 aliphatic carbocycles. The molecule has 1 saturated carbocycles. The molecule has 7 nitrogen and oxygen atoms in total. The zero-order chi connectivity index (χ0) is 20.8. The monoisotopic (exact) mass is 404 g/mol. The Morgan fingerprint density at radius 1 is 1.10 bits per heavy atom. The third-order valence-corrected chi connectivity index (χ3v) is 6.12. The Labute approximate surface area is 172 Å². The standard InChI is InChI=1S/C22H32N2O5/c1-27-11-10-23-21(25)19-14-24(22(26)15-6-4-5-7-15)13-18(19)17-9-8-16(28-2)12-20(17)29-3/h8-9,12,15,18-19H,4-7,10-11,13-14H2,1-3H3,(H,23,25)/t18-,19-/m0/s1. The molecule has 1 aromatic rings. The Balaban J connectivity index is 1.84. The number of nitrogens with one attached hydrogen (secondary N) is 1. The van der Waals surface area contributed by atoms with E-state index in [2.05, 4.69) is 5.32 Å². The summed E-state index contributed by atoms with van der Waals surface area (Å²) in [4.78, 5) is 27.9. The second kappa shape index (κ2) is 9.96. The van der Waals surface area contributed by atoms with Gasteiger partial charge in [0.25, 0.3) is 0 Å². The van der Waals surface area contributed by atoms with Gasteiger partial charge in [-0.15, -0.1) is 0 Å². The van der Waals surface area contributed by atoms with Crippen molar-refractivity contribution in [1.82, 2.24) is 10.2 Å². The van der Waals surface area contributed by atoms with Crippen LogP contribution in [0.2, 0.25) is 0 Å². The molecular formula is C22H32N2O5. The summed E-state index contributed by atoms with van der Waals surface area (Å²) >= 11 is 0. The lowest BCUT2D eigenvalue weighted by Gasteiger charge is -2.21. The molecule has 29 heavy (non-hydrogen) atoms. The molecule has 0 radical (unpaired) electrons. The minimum atomic E-state index is -0.320. The highest BCUT2D eigenvalue weighted by Crippen LogP contribution is 2.40. The fourth-order valence-electron chi connectivity index (χ4n) is 4.53. The fourth-order valence-corrected chi connectivity index (χ4v) is 4.53.